The van der Waals surface area contributed by atoms with Crippen LogP contribution in [0.25, 0.3) is 5.65 Å². The minimum Gasteiger partial charge on any atom is -0.367 e. The van der Waals surface area contributed by atoms with Crippen molar-refractivity contribution in [1.82, 2.24) is 19.5 Å². The zero-order chi connectivity index (χ0) is 23.2. The summed E-state index contributed by atoms with van der Waals surface area (Å²) in [6, 6.07) is 8.79. The Morgan fingerprint density at radius 2 is 1.91 bits per heavy atom. The third-order valence-corrected chi connectivity index (χ3v) is 5.68. The van der Waals surface area contributed by atoms with E-state index < -0.39 is 17.6 Å². The normalized spacial score (nSPS) is 16.5. The molecule has 2 N–H and O–H groups in total. The van der Waals surface area contributed by atoms with Gasteiger partial charge in [-0.2, -0.15) is 22.7 Å². The molecule has 8 nitrogen and oxygen atoms in total. The topological polar surface area (TPSA) is 91.6 Å². The molecule has 2 aromatic heterocycles. The van der Waals surface area contributed by atoms with Crippen molar-refractivity contribution in [2.24, 2.45) is 0 Å². The first kappa shape index (κ1) is 21.2. The third kappa shape index (κ3) is 4.62. The van der Waals surface area contributed by atoms with E-state index >= 15 is 0 Å². The summed E-state index contributed by atoms with van der Waals surface area (Å²) in [5, 5.41) is 9.75. The van der Waals surface area contributed by atoms with E-state index in [0.29, 0.717) is 18.5 Å². The molecule has 0 unspecified atom stereocenters. The lowest BCUT2D eigenvalue weighted by atomic mass is 10.1. The first-order chi connectivity index (χ1) is 15.8. The molecule has 5 rings (SSSR count). The molecule has 2 aliphatic rings. The minimum atomic E-state index is -4.53. The second kappa shape index (κ2) is 8.05. The predicted molar refractivity (Wildman–Crippen MR) is 114 cm³/mol. The van der Waals surface area contributed by atoms with Gasteiger partial charge in [-0.1, -0.05) is 12.1 Å². The number of amides is 2. The van der Waals surface area contributed by atoms with Gasteiger partial charge >= 0.3 is 6.18 Å². The second-order valence-electron chi connectivity index (χ2n) is 8.32. The summed E-state index contributed by atoms with van der Waals surface area (Å²) >= 11 is 0. The number of fused-ring (bicyclic) bond motifs is 1. The van der Waals surface area contributed by atoms with Crippen molar-refractivity contribution in [3.8, 4) is 0 Å². The molecular formula is C22H21F3N6O2. The smallest absolute Gasteiger partial charge is 0.367 e. The van der Waals surface area contributed by atoms with E-state index in [1.165, 1.54) is 4.52 Å². The fraction of sp³-hybridized carbons (Fsp3) is 0.364. The molecule has 2 fully saturated rings. The molecule has 0 radical (unpaired) electrons. The molecule has 0 spiro atoms. The number of rotatable bonds is 6. The highest BCUT2D eigenvalue weighted by atomic mass is 19.4. The van der Waals surface area contributed by atoms with Crippen LogP contribution in [-0.2, 0) is 17.5 Å². The summed E-state index contributed by atoms with van der Waals surface area (Å²) < 4.78 is 41.1. The maximum atomic E-state index is 13.3. The van der Waals surface area contributed by atoms with Crippen LogP contribution < -0.4 is 10.6 Å². The third-order valence-electron chi connectivity index (χ3n) is 5.68. The molecule has 1 saturated heterocycles. The van der Waals surface area contributed by atoms with Crippen molar-refractivity contribution in [2.75, 3.05) is 17.2 Å². The monoisotopic (exact) mass is 458 g/mol. The number of nitrogens with zero attached hydrogens (tertiary/aromatic N) is 4. The molecule has 11 heteroatoms. The number of anilines is 2. The SMILES string of the molecule is O=C(Nc1nc2cc(C(F)(F)F)cc(NC3CC3)n2n1)c1ccc(CN2CCCC2=O)cc1. The lowest BCUT2D eigenvalue weighted by Gasteiger charge is -2.15. The van der Waals surface area contributed by atoms with Gasteiger partial charge in [0.05, 0.1) is 5.56 Å². The molecule has 2 amide bonds. The molecule has 0 atom stereocenters. The van der Waals surface area contributed by atoms with Crippen molar-refractivity contribution < 1.29 is 22.8 Å². The van der Waals surface area contributed by atoms with Crippen molar-refractivity contribution >= 4 is 29.2 Å². The van der Waals surface area contributed by atoms with Crippen LogP contribution in [0.5, 0.6) is 0 Å². The van der Waals surface area contributed by atoms with Gasteiger partial charge in [0.15, 0.2) is 5.65 Å². The van der Waals surface area contributed by atoms with E-state index in [0.717, 1.165) is 43.5 Å². The quantitative estimate of drug-likeness (QED) is 0.588. The van der Waals surface area contributed by atoms with Crippen LogP contribution in [-0.4, -0.2) is 43.9 Å². The fourth-order valence-electron chi connectivity index (χ4n) is 3.77. The Balaban J connectivity index is 1.34. The molecule has 3 heterocycles. The van der Waals surface area contributed by atoms with Crippen molar-refractivity contribution in [2.45, 2.75) is 44.4 Å². The highest BCUT2D eigenvalue weighted by Crippen LogP contribution is 2.33. The molecule has 1 aromatic carbocycles. The number of carbonyl (C=O) groups is 2. The number of pyridine rings is 1. The number of hydrogen-bond acceptors (Lipinski definition) is 5. The van der Waals surface area contributed by atoms with Gasteiger partial charge in [0, 0.05) is 31.1 Å². The van der Waals surface area contributed by atoms with Gasteiger partial charge < -0.3 is 10.2 Å². The summed E-state index contributed by atoms with van der Waals surface area (Å²) in [6.07, 6.45) is -1.36. The zero-order valence-electron chi connectivity index (χ0n) is 17.5. The summed E-state index contributed by atoms with van der Waals surface area (Å²) in [6.45, 7) is 1.22. The molecule has 1 aliphatic heterocycles. The molecule has 1 aliphatic carbocycles. The van der Waals surface area contributed by atoms with Crippen LogP contribution in [0, 0.1) is 0 Å². The Morgan fingerprint density at radius 3 is 2.55 bits per heavy atom. The Hall–Kier alpha value is -3.63. The number of aromatic nitrogens is 3. The highest BCUT2D eigenvalue weighted by Gasteiger charge is 2.33. The standard InChI is InChI=1S/C22H21F3N6O2/c23-22(24,25)15-10-17(26-16-7-8-16)31-18(11-15)27-21(29-31)28-20(33)14-5-3-13(4-6-14)12-30-9-1-2-19(30)32/h3-6,10-11,16,26H,1-2,7-9,12H2,(H,28,29,33). The summed E-state index contributed by atoms with van der Waals surface area (Å²) in [7, 11) is 0. The highest BCUT2D eigenvalue weighted by molar-refractivity contribution is 6.03. The molecule has 0 bridgehead atoms. The molecule has 172 valence electrons. The summed E-state index contributed by atoms with van der Waals surface area (Å²) in [5.41, 5.74) is 0.394. The van der Waals surface area contributed by atoms with Gasteiger partial charge in [0.1, 0.15) is 5.82 Å². The van der Waals surface area contributed by atoms with Crippen LogP contribution in [0.15, 0.2) is 36.4 Å². The van der Waals surface area contributed by atoms with Crippen molar-refractivity contribution in [3.05, 3.63) is 53.1 Å². The van der Waals surface area contributed by atoms with E-state index in [-0.39, 0.29) is 29.4 Å². The lowest BCUT2D eigenvalue weighted by molar-refractivity contribution is -0.137. The Bertz CT molecular complexity index is 1220. The van der Waals surface area contributed by atoms with E-state index in [4.69, 9.17) is 0 Å². The van der Waals surface area contributed by atoms with Crippen LogP contribution in [0.4, 0.5) is 24.9 Å². The average molecular weight is 458 g/mol. The van der Waals surface area contributed by atoms with Gasteiger partial charge in [0.2, 0.25) is 11.9 Å². The first-order valence-corrected chi connectivity index (χ1v) is 10.7. The predicted octanol–water partition coefficient (Wildman–Crippen LogP) is 3.70. The Kier molecular flexibility index (Phi) is 5.18. The maximum Gasteiger partial charge on any atom is 0.416 e. The Labute approximate surface area is 186 Å². The van der Waals surface area contributed by atoms with Crippen LogP contribution in [0.3, 0.4) is 0 Å². The van der Waals surface area contributed by atoms with E-state index in [1.807, 2.05) is 0 Å². The van der Waals surface area contributed by atoms with Gasteiger partial charge in [-0.05, 0) is 49.1 Å². The molecule has 3 aromatic rings. The molecular weight excluding hydrogens is 437 g/mol. The number of benzene rings is 1. The largest absolute Gasteiger partial charge is 0.416 e. The van der Waals surface area contributed by atoms with Gasteiger partial charge in [-0.3, -0.25) is 14.9 Å². The number of halogens is 3. The second-order valence-corrected chi connectivity index (χ2v) is 8.32. The van der Waals surface area contributed by atoms with E-state index in [1.54, 1.807) is 29.2 Å². The van der Waals surface area contributed by atoms with Gasteiger partial charge in [-0.15, -0.1) is 5.10 Å². The summed E-state index contributed by atoms with van der Waals surface area (Å²) in [5.74, 6) is -0.275. The van der Waals surface area contributed by atoms with Crippen molar-refractivity contribution in [3.63, 3.8) is 0 Å². The molecule has 33 heavy (non-hydrogen) atoms. The van der Waals surface area contributed by atoms with E-state index in [9.17, 15) is 22.8 Å². The lowest BCUT2D eigenvalue weighted by Crippen LogP contribution is -2.23. The number of nitrogens with one attached hydrogen (secondary N) is 2. The van der Waals surface area contributed by atoms with Crippen LogP contribution >= 0.6 is 0 Å². The number of carbonyl (C=O) groups excluding carboxylic acids is 2. The van der Waals surface area contributed by atoms with E-state index in [2.05, 4.69) is 20.7 Å². The number of alkyl halides is 3. The average Bonchev–Trinajstić information content (AvgIpc) is 3.35. The summed E-state index contributed by atoms with van der Waals surface area (Å²) in [4.78, 5) is 30.3. The Morgan fingerprint density at radius 1 is 1.15 bits per heavy atom. The van der Waals surface area contributed by atoms with Crippen LogP contribution in [0.2, 0.25) is 0 Å². The fourth-order valence-corrected chi connectivity index (χ4v) is 3.77. The maximum absolute atomic E-state index is 13.3. The number of hydrogen-bond donors (Lipinski definition) is 2. The minimum absolute atomic E-state index is 0.0195. The molecule has 1 saturated carbocycles. The van der Waals surface area contributed by atoms with Gasteiger partial charge in [0.25, 0.3) is 5.91 Å². The van der Waals surface area contributed by atoms with Gasteiger partial charge in [-0.25, -0.2) is 0 Å². The number of likely N-dealkylation sites (tertiary alicyclic amines) is 1. The first-order valence-electron chi connectivity index (χ1n) is 10.7. The van der Waals surface area contributed by atoms with Crippen LogP contribution in [0.1, 0.15) is 47.2 Å². The zero-order valence-corrected chi connectivity index (χ0v) is 17.5. The van der Waals surface area contributed by atoms with Crippen molar-refractivity contribution in [1.29, 1.82) is 0 Å².